The van der Waals surface area contributed by atoms with Gasteiger partial charge >= 0.3 is 0 Å². The topological polar surface area (TPSA) is 63.5 Å². The van der Waals surface area contributed by atoms with Crippen molar-refractivity contribution in [3.8, 4) is 5.69 Å². The van der Waals surface area contributed by atoms with Crippen LogP contribution in [0.3, 0.4) is 0 Å². The van der Waals surface area contributed by atoms with Crippen LogP contribution in [-0.2, 0) is 11.3 Å². The summed E-state index contributed by atoms with van der Waals surface area (Å²) in [5.74, 6) is 0.877. The van der Waals surface area contributed by atoms with Gasteiger partial charge in [-0.25, -0.2) is 9.67 Å². The SMILES string of the molecule is CCNC(=NCc1cnn(-c2ccccc2)c1)NCC1(CCOCC)CCCC1. The highest BCUT2D eigenvalue weighted by Gasteiger charge is 2.33. The zero-order valence-electron chi connectivity index (χ0n) is 17.9. The maximum absolute atomic E-state index is 5.64. The Bertz CT molecular complexity index is 750. The van der Waals surface area contributed by atoms with Crippen LogP contribution in [-0.4, -0.2) is 42.0 Å². The average molecular weight is 398 g/mol. The van der Waals surface area contributed by atoms with Crippen LogP contribution in [0, 0.1) is 5.41 Å². The molecule has 1 heterocycles. The Balaban J connectivity index is 1.59. The molecule has 6 nitrogen and oxygen atoms in total. The minimum atomic E-state index is 0.337. The molecule has 3 rings (SSSR count). The van der Waals surface area contributed by atoms with Crippen molar-refractivity contribution in [1.29, 1.82) is 0 Å². The normalized spacial score (nSPS) is 16.1. The van der Waals surface area contributed by atoms with Crippen molar-refractivity contribution >= 4 is 5.96 Å². The van der Waals surface area contributed by atoms with Crippen LogP contribution in [0.25, 0.3) is 5.69 Å². The van der Waals surface area contributed by atoms with E-state index < -0.39 is 0 Å². The molecule has 0 bridgehead atoms. The Kier molecular flexibility index (Phi) is 8.11. The maximum Gasteiger partial charge on any atom is 0.191 e. The summed E-state index contributed by atoms with van der Waals surface area (Å²) in [5, 5.41) is 11.4. The predicted octanol–water partition coefficient (Wildman–Crippen LogP) is 3.91. The van der Waals surface area contributed by atoms with Crippen molar-refractivity contribution in [1.82, 2.24) is 20.4 Å². The van der Waals surface area contributed by atoms with Crippen LogP contribution in [0.15, 0.2) is 47.7 Å². The lowest BCUT2D eigenvalue weighted by Gasteiger charge is -2.30. The largest absolute Gasteiger partial charge is 0.382 e. The van der Waals surface area contributed by atoms with Crippen molar-refractivity contribution in [3.63, 3.8) is 0 Å². The Labute approximate surface area is 174 Å². The minimum Gasteiger partial charge on any atom is -0.382 e. The lowest BCUT2D eigenvalue weighted by Crippen LogP contribution is -2.43. The van der Waals surface area contributed by atoms with Crippen LogP contribution in [0.2, 0.25) is 0 Å². The molecule has 0 radical (unpaired) electrons. The molecule has 1 aliphatic rings. The molecule has 0 unspecified atom stereocenters. The highest BCUT2D eigenvalue weighted by molar-refractivity contribution is 5.79. The number of benzene rings is 1. The molecule has 29 heavy (non-hydrogen) atoms. The molecule has 158 valence electrons. The number of aromatic nitrogens is 2. The second-order valence-electron chi connectivity index (χ2n) is 7.83. The van der Waals surface area contributed by atoms with E-state index in [1.54, 1.807) is 0 Å². The monoisotopic (exact) mass is 397 g/mol. The van der Waals surface area contributed by atoms with Crippen molar-refractivity contribution in [2.75, 3.05) is 26.3 Å². The van der Waals surface area contributed by atoms with Crippen molar-refractivity contribution in [2.24, 2.45) is 10.4 Å². The van der Waals surface area contributed by atoms with Crippen molar-refractivity contribution in [2.45, 2.75) is 52.5 Å². The number of hydrogen-bond donors (Lipinski definition) is 2. The Morgan fingerprint density at radius 1 is 1.17 bits per heavy atom. The summed E-state index contributed by atoms with van der Waals surface area (Å²) < 4.78 is 7.53. The second kappa shape index (κ2) is 11.0. The lowest BCUT2D eigenvalue weighted by atomic mass is 9.83. The van der Waals surface area contributed by atoms with Gasteiger partial charge in [0, 0.05) is 38.1 Å². The van der Waals surface area contributed by atoms with E-state index in [4.69, 9.17) is 9.73 Å². The molecule has 1 aromatic heterocycles. The Morgan fingerprint density at radius 2 is 1.97 bits per heavy atom. The van der Waals surface area contributed by atoms with Gasteiger partial charge in [0.25, 0.3) is 0 Å². The fraction of sp³-hybridized carbons (Fsp3) is 0.565. The first kappa shape index (κ1) is 21.4. The maximum atomic E-state index is 5.64. The summed E-state index contributed by atoms with van der Waals surface area (Å²) in [4.78, 5) is 4.79. The van der Waals surface area contributed by atoms with E-state index in [0.29, 0.717) is 12.0 Å². The summed E-state index contributed by atoms with van der Waals surface area (Å²) in [5.41, 5.74) is 2.49. The molecule has 1 fully saturated rings. The van der Waals surface area contributed by atoms with E-state index in [0.717, 1.165) is 49.9 Å². The summed E-state index contributed by atoms with van der Waals surface area (Å²) in [6.07, 6.45) is 10.2. The number of nitrogens with zero attached hydrogens (tertiary/aromatic N) is 3. The minimum absolute atomic E-state index is 0.337. The summed E-state index contributed by atoms with van der Waals surface area (Å²) in [6.45, 7) is 8.22. The summed E-state index contributed by atoms with van der Waals surface area (Å²) >= 11 is 0. The molecule has 1 aromatic carbocycles. The third kappa shape index (κ3) is 6.32. The van der Waals surface area contributed by atoms with Gasteiger partial charge in [-0.3, -0.25) is 0 Å². The van der Waals surface area contributed by atoms with E-state index in [9.17, 15) is 0 Å². The third-order valence-electron chi connectivity index (χ3n) is 5.70. The van der Waals surface area contributed by atoms with Crippen LogP contribution < -0.4 is 10.6 Å². The van der Waals surface area contributed by atoms with Gasteiger partial charge in [-0.1, -0.05) is 31.0 Å². The zero-order chi connectivity index (χ0) is 20.4. The Morgan fingerprint density at radius 3 is 2.69 bits per heavy atom. The highest BCUT2D eigenvalue weighted by Crippen LogP contribution is 2.40. The number of hydrogen-bond acceptors (Lipinski definition) is 3. The first-order valence-corrected chi connectivity index (χ1v) is 10.9. The molecule has 0 atom stereocenters. The van der Waals surface area contributed by atoms with E-state index in [2.05, 4.69) is 41.7 Å². The standard InChI is InChI=1S/C23H35N5O/c1-3-24-22(26-19-23(12-8-9-13-23)14-15-29-4-2)25-16-20-17-27-28(18-20)21-10-6-5-7-11-21/h5-7,10-11,17-18H,3-4,8-9,12-16,19H2,1-2H3,(H2,24,25,26). The number of guanidine groups is 1. The molecular weight excluding hydrogens is 362 g/mol. The van der Waals surface area contributed by atoms with Gasteiger partial charge in [-0.15, -0.1) is 0 Å². The number of nitrogens with one attached hydrogen (secondary N) is 2. The van der Waals surface area contributed by atoms with Gasteiger partial charge in [-0.2, -0.15) is 5.10 Å². The van der Waals surface area contributed by atoms with Crippen LogP contribution >= 0.6 is 0 Å². The van der Waals surface area contributed by atoms with Crippen molar-refractivity contribution < 1.29 is 4.74 Å². The summed E-state index contributed by atoms with van der Waals surface area (Å²) in [7, 11) is 0. The summed E-state index contributed by atoms with van der Waals surface area (Å²) in [6, 6.07) is 10.2. The van der Waals surface area contributed by atoms with E-state index >= 15 is 0 Å². The van der Waals surface area contributed by atoms with Crippen molar-refractivity contribution in [3.05, 3.63) is 48.3 Å². The quantitative estimate of drug-likeness (QED) is 0.362. The van der Waals surface area contributed by atoms with Gasteiger partial charge in [0.05, 0.1) is 18.4 Å². The van der Waals surface area contributed by atoms with Gasteiger partial charge in [-0.05, 0) is 50.7 Å². The molecule has 2 aromatic rings. The van der Waals surface area contributed by atoms with Crippen LogP contribution in [0.1, 0.15) is 51.5 Å². The molecule has 0 aliphatic heterocycles. The van der Waals surface area contributed by atoms with Gasteiger partial charge in [0.2, 0.25) is 0 Å². The average Bonchev–Trinajstić information content (AvgIpc) is 3.41. The predicted molar refractivity (Wildman–Crippen MR) is 118 cm³/mol. The second-order valence-corrected chi connectivity index (χ2v) is 7.83. The van der Waals surface area contributed by atoms with E-state index in [1.165, 1.54) is 25.7 Å². The molecule has 0 spiro atoms. The Hall–Kier alpha value is -2.34. The van der Waals surface area contributed by atoms with E-state index in [1.807, 2.05) is 35.3 Å². The lowest BCUT2D eigenvalue weighted by molar-refractivity contribution is 0.105. The van der Waals surface area contributed by atoms with E-state index in [-0.39, 0.29) is 0 Å². The zero-order valence-corrected chi connectivity index (χ0v) is 17.9. The fourth-order valence-electron chi connectivity index (χ4n) is 4.02. The third-order valence-corrected chi connectivity index (χ3v) is 5.70. The van der Waals surface area contributed by atoms with Crippen LogP contribution in [0.5, 0.6) is 0 Å². The smallest absolute Gasteiger partial charge is 0.191 e. The fourth-order valence-corrected chi connectivity index (χ4v) is 4.02. The number of ether oxygens (including phenoxy) is 1. The van der Waals surface area contributed by atoms with Crippen LogP contribution in [0.4, 0.5) is 0 Å². The number of aliphatic imine (C=N–C) groups is 1. The molecule has 2 N–H and O–H groups in total. The van der Waals surface area contributed by atoms with Gasteiger partial charge in [0.15, 0.2) is 5.96 Å². The first-order chi connectivity index (χ1) is 14.2. The molecule has 1 aliphatic carbocycles. The number of rotatable bonds is 10. The molecule has 1 saturated carbocycles. The molecular formula is C23H35N5O. The van der Waals surface area contributed by atoms with Gasteiger partial charge in [0.1, 0.15) is 0 Å². The van der Waals surface area contributed by atoms with Gasteiger partial charge < -0.3 is 15.4 Å². The first-order valence-electron chi connectivity index (χ1n) is 10.9. The highest BCUT2D eigenvalue weighted by atomic mass is 16.5. The molecule has 0 amide bonds. The molecule has 0 saturated heterocycles. The molecule has 6 heteroatoms. The number of para-hydroxylation sites is 1.